The normalized spacial score (nSPS) is 36.9. The molecule has 0 aromatic carbocycles. The molecule has 5 heteroatoms. The third kappa shape index (κ3) is 2.61. The Morgan fingerprint density at radius 1 is 1.05 bits per heavy atom. The molecule has 0 amide bonds. The molecule has 2 bridgehead atoms. The second kappa shape index (κ2) is 5.83. The molecule has 3 saturated heterocycles. The molecule has 4 fully saturated rings. The molecule has 0 radical (unpaired) electrons. The van der Waals surface area contributed by atoms with Crippen molar-refractivity contribution in [3.8, 4) is 12.3 Å². The van der Waals surface area contributed by atoms with E-state index in [1.807, 2.05) is 4.90 Å². The number of hydrogen-bond donors (Lipinski definition) is 0. The van der Waals surface area contributed by atoms with Gasteiger partial charge >= 0.3 is 0 Å². The minimum atomic E-state index is 0.365. The van der Waals surface area contributed by atoms with Crippen molar-refractivity contribution in [3.05, 3.63) is 0 Å². The average molecular weight is 287 g/mol. The van der Waals surface area contributed by atoms with Gasteiger partial charge in [0.05, 0.1) is 12.5 Å². The first-order chi connectivity index (χ1) is 10.1. The molecule has 0 aromatic heterocycles. The van der Waals surface area contributed by atoms with Gasteiger partial charge < -0.3 is 4.90 Å². The first kappa shape index (κ1) is 14.6. The molecule has 114 valence electrons. The van der Waals surface area contributed by atoms with Gasteiger partial charge in [-0.25, -0.2) is 0 Å². The van der Waals surface area contributed by atoms with Crippen molar-refractivity contribution < 1.29 is 0 Å². The van der Waals surface area contributed by atoms with Crippen LogP contribution < -0.4 is 0 Å². The van der Waals surface area contributed by atoms with E-state index in [1.54, 1.807) is 0 Å². The van der Waals surface area contributed by atoms with Crippen molar-refractivity contribution in [2.45, 2.75) is 69.7 Å². The highest BCUT2D eigenvalue weighted by Crippen LogP contribution is 2.40. The largest absolute Gasteiger partial charge is 0.304 e. The number of nitriles is 2. The SMILES string of the molecule is CC(C)N1CCN(C2CC3CC(C2)N3C#N)C(CC#N)C1. The number of fused-ring (bicyclic) bond motifs is 2. The molecular formula is C16H25N5. The minimum Gasteiger partial charge on any atom is -0.304 e. The lowest BCUT2D eigenvalue weighted by Crippen LogP contribution is -2.66. The van der Waals surface area contributed by atoms with Crippen LogP contribution in [0.15, 0.2) is 0 Å². The molecule has 1 saturated carbocycles. The number of piperazine rings is 1. The van der Waals surface area contributed by atoms with Crippen molar-refractivity contribution in [3.63, 3.8) is 0 Å². The van der Waals surface area contributed by atoms with Crippen molar-refractivity contribution in [1.29, 1.82) is 10.5 Å². The molecule has 3 aliphatic heterocycles. The molecule has 4 aliphatic rings. The summed E-state index contributed by atoms with van der Waals surface area (Å²) in [6.45, 7) is 7.66. The molecule has 0 spiro atoms. The number of hydrogen-bond acceptors (Lipinski definition) is 5. The quantitative estimate of drug-likeness (QED) is 0.734. The van der Waals surface area contributed by atoms with E-state index < -0.39 is 0 Å². The van der Waals surface area contributed by atoms with E-state index in [1.165, 1.54) is 6.42 Å². The molecule has 21 heavy (non-hydrogen) atoms. The van der Waals surface area contributed by atoms with Gasteiger partial charge in [-0.05, 0) is 33.1 Å². The highest BCUT2D eigenvalue weighted by atomic mass is 15.3. The van der Waals surface area contributed by atoms with Crippen LogP contribution in [0.5, 0.6) is 0 Å². The molecule has 3 unspecified atom stereocenters. The lowest BCUT2D eigenvalue weighted by molar-refractivity contribution is -0.0575. The van der Waals surface area contributed by atoms with E-state index in [4.69, 9.17) is 10.5 Å². The Labute approximate surface area is 127 Å². The van der Waals surface area contributed by atoms with Crippen LogP contribution in [-0.4, -0.2) is 64.5 Å². The standard InChI is InChI=1S/C16H25N5/c1-12(2)19-5-6-20(13(10-19)3-4-17)14-7-15-9-16(8-14)21(15)11-18/h12-16H,3,5-10H2,1-2H3. The van der Waals surface area contributed by atoms with Crippen LogP contribution in [0.2, 0.25) is 0 Å². The Morgan fingerprint density at radius 3 is 2.29 bits per heavy atom. The van der Waals surface area contributed by atoms with E-state index in [0.717, 1.165) is 32.5 Å². The summed E-state index contributed by atoms with van der Waals surface area (Å²) in [4.78, 5) is 7.06. The maximum Gasteiger partial charge on any atom is 0.179 e. The Bertz CT molecular complexity index is 450. The molecule has 0 N–H and O–H groups in total. The van der Waals surface area contributed by atoms with Crippen LogP contribution in [-0.2, 0) is 0 Å². The molecule has 1 aliphatic carbocycles. The molecule has 3 atom stereocenters. The van der Waals surface area contributed by atoms with Gasteiger partial charge in [-0.2, -0.15) is 10.5 Å². The van der Waals surface area contributed by atoms with Crippen LogP contribution in [0.4, 0.5) is 0 Å². The number of rotatable bonds is 3. The van der Waals surface area contributed by atoms with E-state index in [9.17, 15) is 0 Å². The first-order valence-corrected chi connectivity index (χ1v) is 8.18. The van der Waals surface area contributed by atoms with Gasteiger partial charge in [0.15, 0.2) is 6.19 Å². The Morgan fingerprint density at radius 2 is 1.71 bits per heavy atom. The third-order valence-corrected chi connectivity index (χ3v) is 5.62. The summed E-state index contributed by atoms with van der Waals surface area (Å²) >= 11 is 0. The average Bonchev–Trinajstić information content (AvgIpc) is 2.48. The van der Waals surface area contributed by atoms with Crippen molar-refractivity contribution in [1.82, 2.24) is 14.7 Å². The maximum absolute atomic E-state index is 9.15. The van der Waals surface area contributed by atoms with E-state index in [2.05, 4.69) is 35.9 Å². The first-order valence-electron chi connectivity index (χ1n) is 8.18. The Hall–Kier alpha value is -1.30. The zero-order valence-electron chi connectivity index (χ0n) is 13.1. The zero-order chi connectivity index (χ0) is 15.0. The van der Waals surface area contributed by atoms with E-state index in [0.29, 0.717) is 36.6 Å². The number of nitrogens with zero attached hydrogens (tertiary/aromatic N) is 5. The maximum atomic E-state index is 9.15. The summed E-state index contributed by atoms with van der Waals surface area (Å²) in [5.41, 5.74) is 0. The predicted molar refractivity (Wildman–Crippen MR) is 80.1 cm³/mol. The van der Waals surface area contributed by atoms with E-state index >= 15 is 0 Å². The van der Waals surface area contributed by atoms with Crippen molar-refractivity contribution in [2.75, 3.05) is 19.6 Å². The highest BCUT2D eigenvalue weighted by Gasteiger charge is 2.48. The van der Waals surface area contributed by atoms with Crippen LogP contribution in [0.1, 0.15) is 39.5 Å². The summed E-state index contributed by atoms with van der Waals surface area (Å²) in [5.74, 6) is 0. The van der Waals surface area contributed by atoms with Gasteiger partial charge in [-0.3, -0.25) is 9.80 Å². The smallest absolute Gasteiger partial charge is 0.179 e. The van der Waals surface area contributed by atoms with Gasteiger partial charge in [0.25, 0.3) is 0 Å². The molecule has 3 heterocycles. The van der Waals surface area contributed by atoms with Crippen molar-refractivity contribution >= 4 is 0 Å². The summed E-state index contributed by atoms with van der Waals surface area (Å²) in [6.07, 6.45) is 6.36. The fraction of sp³-hybridized carbons (Fsp3) is 0.875. The summed E-state index contributed by atoms with van der Waals surface area (Å²) in [7, 11) is 0. The van der Waals surface area contributed by atoms with Crippen LogP contribution >= 0.6 is 0 Å². The molecule has 5 nitrogen and oxygen atoms in total. The topological polar surface area (TPSA) is 57.3 Å². The van der Waals surface area contributed by atoms with Crippen LogP contribution in [0.3, 0.4) is 0 Å². The van der Waals surface area contributed by atoms with Crippen molar-refractivity contribution in [2.24, 2.45) is 0 Å². The zero-order valence-corrected chi connectivity index (χ0v) is 13.1. The van der Waals surface area contributed by atoms with Gasteiger partial charge in [0, 0.05) is 49.8 Å². The monoisotopic (exact) mass is 287 g/mol. The third-order valence-electron chi connectivity index (χ3n) is 5.62. The van der Waals surface area contributed by atoms with Crippen LogP contribution in [0, 0.1) is 22.8 Å². The lowest BCUT2D eigenvalue weighted by Gasteiger charge is -2.56. The van der Waals surface area contributed by atoms with Gasteiger partial charge in [0.2, 0.25) is 0 Å². The van der Waals surface area contributed by atoms with Gasteiger partial charge in [0.1, 0.15) is 0 Å². The molecule has 4 rings (SSSR count). The summed E-state index contributed by atoms with van der Waals surface area (Å²) < 4.78 is 0. The predicted octanol–water partition coefficient (Wildman–Crippen LogP) is 1.38. The Kier molecular flexibility index (Phi) is 4.06. The minimum absolute atomic E-state index is 0.365. The van der Waals surface area contributed by atoms with Gasteiger partial charge in [-0.1, -0.05) is 0 Å². The second-order valence-corrected chi connectivity index (χ2v) is 7.02. The Balaban J connectivity index is 1.65. The fourth-order valence-electron chi connectivity index (χ4n) is 4.41. The van der Waals surface area contributed by atoms with Crippen LogP contribution in [0.25, 0.3) is 0 Å². The number of piperidine rings is 1. The highest BCUT2D eigenvalue weighted by molar-refractivity contribution is 5.08. The second-order valence-electron chi connectivity index (χ2n) is 7.02. The lowest BCUT2D eigenvalue weighted by atomic mass is 9.76. The van der Waals surface area contributed by atoms with E-state index in [-0.39, 0.29) is 0 Å². The summed E-state index contributed by atoms with van der Waals surface area (Å²) in [5, 5.41) is 18.3. The molecular weight excluding hydrogens is 262 g/mol. The molecule has 0 aromatic rings. The van der Waals surface area contributed by atoms with Gasteiger partial charge in [-0.15, -0.1) is 0 Å². The fourth-order valence-corrected chi connectivity index (χ4v) is 4.41. The summed E-state index contributed by atoms with van der Waals surface area (Å²) in [6, 6.07) is 4.80.